The summed E-state index contributed by atoms with van der Waals surface area (Å²) in [5.74, 6) is 0. The van der Waals surface area contributed by atoms with Crippen molar-refractivity contribution in [3.8, 4) is 0 Å². The number of rotatable bonds is 3. The van der Waals surface area contributed by atoms with E-state index in [2.05, 4.69) is 15.3 Å². The molecule has 0 amide bonds. The molecule has 116 valence electrons. The molecule has 0 unspecified atom stereocenters. The third kappa shape index (κ3) is 3.27. The van der Waals surface area contributed by atoms with Crippen LogP contribution in [0.3, 0.4) is 0 Å². The zero-order valence-corrected chi connectivity index (χ0v) is 13.4. The van der Waals surface area contributed by atoms with Crippen molar-refractivity contribution >= 4 is 28.9 Å². The lowest BCUT2D eigenvalue weighted by Gasteiger charge is -2.29. The van der Waals surface area contributed by atoms with Gasteiger partial charge in [-0.05, 0) is 12.1 Å². The summed E-state index contributed by atoms with van der Waals surface area (Å²) in [5, 5.41) is 8.61. The van der Waals surface area contributed by atoms with Gasteiger partial charge < -0.3 is 10.2 Å². The first-order valence-electron chi connectivity index (χ1n) is 7.11. The first kappa shape index (κ1) is 15.3. The predicted octanol–water partition coefficient (Wildman–Crippen LogP) is 2.01. The lowest BCUT2D eigenvalue weighted by Crippen LogP contribution is -2.44. The van der Waals surface area contributed by atoms with Crippen molar-refractivity contribution in [1.29, 1.82) is 0 Å². The molecule has 1 saturated heterocycles. The Morgan fingerprint density at radius 2 is 1.86 bits per heavy atom. The molecule has 0 bridgehead atoms. The van der Waals surface area contributed by atoms with Crippen LogP contribution in [0.2, 0.25) is 10.0 Å². The van der Waals surface area contributed by atoms with Crippen LogP contribution in [0, 0.1) is 0 Å². The Bertz CT molecular complexity index is 705. The Balaban J connectivity index is 1.85. The molecule has 1 fully saturated rings. The van der Waals surface area contributed by atoms with E-state index in [1.165, 1.54) is 4.68 Å². The fraction of sp³-hybridized carbons (Fsp3) is 0.333. The summed E-state index contributed by atoms with van der Waals surface area (Å²) < 4.78 is 1.37. The van der Waals surface area contributed by atoms with Crippen LogP contribution in [0.1, 0.15) is 5.56 Å². The minimum atomic E-state index is -0.160. The minimum Gasteiger partial charge on any atom is -0.368 e. The molecular weight excluding hydrogens is 323 g/mol. The first-order valence-corrected chi connectivity index (χ1v) is 7.86. The fourth-order valence-corrected chi connectivity index (χ4v) is 2.99. The summed E-state index contributed by atoms with van der Waals surface area (Å²) in [4.78, 5) is 14.4. The molecule has 1 N–H and O–H groups in total. The van der Waals surface area contributed by atoms with E-state index in [9.17, 15) is 4.79 Å². The molecular formula is C15H16Cl2N4O. The smallest absolute Gasteiger partial charge is 0.269 e. The Kier molecular flexibility index (Phi) is 4.66. The summed E-state index contributed by atoms with van der Waals surface area (Å²) in [6, 6.07) is 6.90. The van der Waals surface area contributed by atoms with Crippen molar-refractivity contribution in [3.63, 3.8) is 0 Å². The van der Waals surface area contributed by atoms with Gasteiger partial charge in [-0.1, -0.05) is 29.3 Å². The van der Waals surface area contributed by atoms with Crippen molar-refractivity contribution < 1.29 is 0 Å². The number of piperazine rings is 1. The average Bonchev–Trinajstić information content (AvgIpc) is 2.53. The van der Waals surface area contributed by atoms with Crippen LogP contribution in [-0.2, 0) is 6.54 Å². The second-order valence-corrected chi connectivity index (χ2v) is 5.96. The monoisotopic (exact) mass is 338 g/mol. The van der Waals surface area contributed by atoms with Crippen molar-refractivity contribution in [2.45, 2.75) is 6.54 Å². The van der Waals surface area contributed by atoms with Gasteiger partial charge in [0.2, 0.25) is 0 Å². The minimum absolute atomic E-state index is 0.160. The van der Waals surface area contributed by atoms with Gasteiger partial charge in [-0.15, -0.1) is 0 Å². The predicted molar refractivity (Wildman–Crippen MR) is 89.1 cm³/mol. The molecule has 1 aliphatic heterocycles. The maximum Gasteiger partial charge on any atom is 0.269 e. The fourth-order valence-electron chi connectivity index (χ4n) is 2.47. The number of benzene rings is 1. The first-order chi connectivity index (χ1) is 10.6. The van der Waals surface area contributed by atoms with E-state index < -0.39 is 0 Å². The molecule has 22 heavy (non-hydrogen) atoms. The lowest BCUT2D eigenvalue weighted by molar-refractivity contribution is 0.582. The SMILES string of the molecule is O=c1cc(N2CCNCC2)cnn1Cc1c(Cl)cccc1Cl. The van der Waals surface area contributed by atoms with Crippen molar-refractivity contribution in [3.05, 3.63) is 56.4 Å². The number of halogens is 2. The Labute approximate surface area is 138 Å². The van der Waals surface area contributed by atoms with Crippen LogP contribution >= 0.6 is 23.2 Å². The summed E-state index contributed by atoms with van der Waals surface area (Å²) >= 11 is 12.3. The highest BCUT2D eigenvalue weighted by atomic mass is 35.5. The molecule has 0 atom stereocenters. The standard InChI is InChI=1S/C15H16Cl2N4O/c16-13-2-1-3-14(17)12(13)10-21-15(22)8-11(9-19-21)20-6-4-18-5-7-20/h1-3,8-9,18H,4-7,10H2. The summed E-state index contributed by atoms with van der Waals surface area (Å²) in [6.45, 7) is 3.85. The number of aromatic nitrogens is 2. The van der Waals surface area contributed by atoms with Gasteiger partial charge in [0, 0.05) is 47.9 Å². The van der Waals surface area contributed by atoms with Crippen molar-refractivity contribution in [1.82, 2.24) is 15.1 Å². The Morgan fingerprint density at radius 1 is 1.18 bits per heavy atom. The van der Waals surface area contributed by atoms with Gasteiger partial charge in [-0.25, -0.2) is 4.68 Å². The highest BCUT2D eigenvalue weighted by Gasteiger charge is 2.13. The molecule has 0 saturated carbocycles. The number of hydrogen-bond acceptors (Lipinski definition) is 4. The van der Waals surface area contributed by atoms with Crippen LogP contribution < -0.4 is 15.8 Å². The average molecular weight is 339 g/mol. The summed E-state index contributed by atoms with van der Waals surface area (Å²) in [5.41, 5.74) is 1.40. The largest absolute Gasteiger partial charge is 0.368 e. The molecule has 0 radical (unpaired) electrons. The van der Waals surface area contributed by atoms with E-state index in [0.717, 1.165) is 31.9 Å². The maximum absolute atomic E-state index is 12.3. The zero-order valence-electron chi connectivity index (χ0n) is 11.9. The Morgan fingerprint density at radius 3 is 2.50 bits per heavy atom. The van der Waals surface area contributed by atoms with Crippen LogP contribution in [0.5, 0.6) is 0 Å². The van der Waals surface area contributed by atoms with Gasteiger partial charge in [-0.2, -0.15) is 5.10 Å². The second-order valence-electron chi connectivity index (χ2n) is 5.15. The molecule has 7 heteroatoms. The van der Waals surface area contributed by atoms with E-state index in [1.807, 2.05) is 0 Å². The quantitative estimate of drug-likeness (QED) is 0.930. The third-order valence-electron chi connectivity index (χ3n) is 3.71. The molecule has 2 heterocycles. The lowest BCUT2D eigenvalue weighted by atomic mass is 10.2. The third-order valence-corrected chi connectivity index (χ3v) is 4.42. The highest BCUT2D eigenvalue weighted by Crippen LogP contribution is 2.24. The number of nitrogens with one attached hydrogen (secondary N) is 1. The van der Waals surface area contributed by atoms with Crippen molar-refractivity contribution in [2.75, 3.05) is 31.1 Å². The molecule has 5 nitrogen and oxygen atoms in total. The van der Waals surface area contributed by atoms with E-state index in [0.29, 0.717) is 15.6 Å². The van der Waals surface area contributed by atoms with Gasteiger partial charge in [0.25, 0.3) is 5.56 Å². The summed E-state index contributed by atoms with van der Waals surface area (Å²) in [7, 11) is 0. The van der Waals surface area contributed by atoms with Gasteiger partial charge in [0.05, 0.1) is 18.4 Å². The van der Waals surface area contributed by atoms with E-state index >= 15 is 0 Å². The molecule has 1 aromatic carbocycles. The topological polar surface area (TPSA) is 50.2 Å². The van der Waals surface area contributed by atoms with Crippen molar-refractivity contribution in [2.24, 2.45) is 0 Å². The van der Waals surface area contributed by atoms with Gasteiger partial charge >= 0.3 is 0 Å². The van der Waals surface area contributed by atoms with E-state index in [1.54, 1.807) is 30.5 Å². The maximum atomic E-state index is 12.3. The van der Waals surface area contributed by atoms with Crippen LogP contribution in [0.4, 0.5) is 5.69 Å². The number of hydrogen-bond donors (Lipinski definition) is 1. The van der Waals surface area contributed by atoms with Crippen LogP contribution in [-0.4, -0.2) is 36.0 Å². The number of anilines is 1. The van der Waals surface area contributed by atoms with Crippen LogP contribution in [0.25, 0.3) is 0 Å². The Hall–Kier alpha value is -1.56. The van der Waals surface area contributed by atoms with Gasteiger partial charge in [0.1, 0.15) is 0 Å². The highest BCUT2D eigenvalue weighted by molar-refractivity contribution is 6.35. The normalized spacial score (nSPS) is 15.1. The van der Waals surface area contributed by atoms with E-state index in [4.69, 9.17) is 23.2 Å². The van der Waals surface area contributed by atoms with Gasteiger partial charge in [-0.3, -0.25) is 4.79 Å². The summed E-state index contributed by atoms with van der Waals surface area (Å²) in [6.07, 6.45) is 1.72. The molecule has 0 aliphatic carbocycles. The van der Waals surface area contributed by atoms with E-state index in [-0.39, 0.29) is 12.1 Å². The second kappa shape index (κ2) is 6.69. The zero-order chi connectivity index (χ0) is 15.5. The molecule has 1 aliphatic rings. The molecule has 3 rings (SSSR count). The molecule has 2 aromatic rings. The molecule has 0 spiro atoms. The van der Waals surface area contributed by atoms with Crippen LogP contribution in [0.15, 0.2) is 35.3 Å². The molecule has 1 aromatic heterocycles. The van der Waals surface area contributed by atoms with Gasteiger partial charge in [0.15, 0.2) is 0 Å². The number of nitrogens with zero attached hydrogens (tertiary/aromatic N) is 3.